The molecule has 108 valence electrons. The zero-order valence-electron chi connectivity index (χ0n) is 11.9. The Morgan fingerprint density at radius 3 is 2.79 bits per heavy atom. The highest BCUT2D eigenvalue weighted by Crippen LogP contribution is 2.13. The second kappa shape index (κ2) is 7.45. The van der Waals surface area contributed by atoms with Crippen LogP contribution < -0.4 is 10.2 Å². The van der Waals surface area contributed by atoms with E-state index in [0.717, 1.165) is 58.0 Å². The average molecular weight is 268 g/mol. The Morgan fingerprint density at radius 2 is 2.11 bits per heavy atom. The Bertz CT molecular complexity index is 363. The van der Waals surface area contributed by atoms with Crippen LogP contribution in [0, 0.1) is 0 Å². The van der Waals surface area contributed by atoms with Crippen LogP contribution in [0.3, 0.4) is 0 Å². The Morgan fingerprint density at radius 1 is 1.32 bits per heavy atom. The maximum absolute atomic E-state index is 5.35. The van der Waals surface area contributed by atoms with Crippen molar-refractivity contribution in [2.45, 2.75) is 39.2 Å². The molecule has 19 heavy (non-hydrogen) atoms. The largest absolute Gasteiger partial charge is 0.378 e. The number of morpholine rings is 1. The van der Waals surface area contributed by atoms with Crippen molar-refractivity contribution in [3.8, 4) is 0 Å². The van der Waals surface area contributed by atoms with Crippen LogP contribution in [0.5, 0.6) is 0 Å². The minimum Gasteiger partial charge on any atom is -0.378 e. The van der Waals surface area contributed by atoms with Crippen molar-refractivity contribution < 1.29 is 9.26 Å². The molecule has 0 amide bonds. The Hall–Kier alpha value is -1.14. The summed E-state index contributed by atoms with van der Waals surface area (Å²) in [5.74, 6) is 1.42. The van der Waals surface area contributed by atoms with E-state index in [4.69, 9.17) is 9.26 Å². The molecule has 1 saturated heterocycles. The first-order valence-electron chi connectivity index (χ1n) is 7.22. The Balaban J connectivity index is 1.88. The Kier molecular flexibility index (Phi) is 5.60. The zero-order chi connectivity index (χ0) is 13.5. The van der Waals surface area contributed by atoms with Gasteiger partial charge in [0.15, 0.2) is 0 Å². The van der Waals surface area contributed by atoms with E-state index in [1.165, 1.54) is 0 Å². The Labute approximate surface area is 114 Å². The molecule has 1 fully saturated rings. The minimum atomic E-state index is 0.415. The summed E-state index contributed by atoms with van der Waals surface area (Å²) < 4.78 is 10.7. The molecule has 0 radical (unpaired) electrons. The number of hydrogen-bond donors (Lipinski definition) is 1. The standard InChI is InChI=1S/C13H24N4O2/c1-3-5-14-11(4-2)10-12-15-13(16-19-12)17-6-8-18-9-7-17/h11,14H,3-10H2,1-2H3. The topological polar surface area (TPSA) is 63.4 Å². The van der Waals surface area contributed by atoms with Crippen LogP contribution in [0.4, 0.5) is 5.95 Å². The van der Waals surface area contributed by atoms with Gasteiger partial charge in [0.25, 0.3) is 5.95 Å². The van der Waals surface area contributed by atoms with Gasteiger partial charge < -0.3 is 19.5 Å². The fourth-order valence-electron chi connectivity index (χ4n) is 2.14. The summed E-state index contributed by atoms with van der Waals surface area (Å²) >= 11 is 0. The minimum absolute atomic E-state index is 0.415. The van der Waals surface area contributed by atoms with Gasteiger partial charge in [0, 0.05) is 25.6 Å². The van der Waals surface area contributed by atoms with Gasteiger partial charge in [-0.1, -0.05) is 13.8 Å². The number of nitrogens with one attached hydrogen (secondary N) is 1. The molecular weight excluding hydrogens is 244 g/mol. The number of ether oxygens (including phenoxy) is 1. The molecule has 2 rings (SSSR count). The van der Waals surface area contributed by atoms with Crippen LogP contribution in [0.1, 0.15) is 32.6 Å². The van der Waals surface area contributed by atoms with E-state index in [1.807, 2.05) is 0 Å². The van der Waals surface area contributed by atoms with Gasteiger partial charge in [0.05, 0.1) is 13.2 Å². The first-order chi connectivity index (χ1) is 9.33. The quantitative estimate of drug-likeness (QED) is 0.802. The van der Waals surface area contributed by atoms with E-state index in [2.05, 4.69) is 34.2 Å². The van der Waals surface area contributed by atoms with Crippen molar-refractivity contribution in [1.82, 2.24) is 15.5 Å². The number of anilines is 1. The fraction of sp³-hybridized carbons (Fsp3) is 0.846. The predicted molar refractivity (Wildman–Crippen MR) is 73.4 cm³/mol. The summed E-state index contributed by atoms with van der Waals surface area (Å²) in [6, 6.07) is 0.415. The van der Waals surface area contributed by atoms with E-state index < -0.39 is 0 Å². The maximum atomic E-state index is 5.35. The van der Waals surface area contributed by atoms with Crippen LogP contribution in [-0.4, -0.2) is 49.0 Å². The summed E-state index contributed by atoms with van der Waals surface area (Å²) in [5.41, 5.74) is 0. The highest BCUT2D eigenvalue weighted by molar-refractivity contribution is 5.28. The van der Waals surface area contributed by atoms with Gasteiger partial charge >= 0.3 is 0 Å². The monoisotopic (exact) mass is 268 g/mol. The molecule has 1 aliphatic rings. The van der Waals surface area contributed by atoms with Gasteiger partial charge in [-0.15, -0.1) is 0 Å². The van der Waals surface area contributed by atoms with Crippen molar-refractivity contribution >= 4 is 5.95 Å². The third-order valence-electron chi connectivity index (χ3n) is 3.35. The summed E-state index contributed by atoms with van der Waals surface area (Å²) in [6.07, 6.45) is 3.00. The van der Waals surface area contributed by atoms with Crippen LogP contribution >= 0.6 is 0 Å². The second-order valence-corrected chi connectivity index (χ2v) is 4.85. The number of hydrogen-bond acceptors (Lipinski definition) is 6. The third kappa shape index (κ3) is 4.18. The molecule has 0 saturated carbocycles. The molecule has 1 N–H and O–H groups in total. The van der Waals surface area contributed by atoms with Gasteiger partial charge in [-0.25, -0.2) is 0 Å². The highest BCUT2D eigenvalue weighted by atomic mass is 16.5. The van der Waals surface area contributed by atoms with E-state index in [1.54, 1.807) is 0 Å². The molecule has 0 aromatic carbocycles. The molecular formula is C13H24N4O2. The smallest absolute Gasteiger partial charge is 0.266 e. The molecule has 1 atom stereocenters. The number of rotatable bonds is 7. The normalized spacial score (nSPS) is 17.7. The van der Waals surface area contributed by atoms with Crippen LogP contribution in [0.15, 0.2) is 4.52 Å². The SMILES string of the molecule is CCCNC(CC)Cc1nc(N2CCOCC2)no1. The zero-order valence-corrected chi connectivity index (χ0v) is 11.9. The maximum Gasteiger partial charge on any atom is 0.266 e. The molecule has 1 aromatic rings. The molecule has 1 aromatic heterocycles. The first kappa shape index (κ1) is 14.3. The van der Waals surface area contributed by atoms with Crippen molar-refractivity contribution in [3.05, 3.63) is 5.89 Å². The first-order valence-corrected chi connectivity index (χ1v) is 7.22. The highest BCUT2D eigenvalue weighted by Gasteiger charge is 2.18. The molecule has 6 nitrogen and oxygen atoms in total. The molecule has 0 spiro atoms. The van der Waals surface area contributed by atoms with Crippen molar-refractivity contribution in [3.63, 3.8) is 0 Å². The third-order valence-corrected chi connectivity index (χ3v) is 3.35. The average Bonchev–Trinajstić information content (AvgIpc) is 2.93. The number of aromatic nitrogens is 2. The van der Waals surface area contributed by atoms with E-state index >= 15 is 0 Å². The van der Waals surface area contributed by atoms with Gasteiger partial charge in [0.2, 0.25) is 5.89 Å². The summed E-state index contributed by atoms with van der Waals surface area (Å²) in [6.45, 7) is 8.52. The predicted octanol–water partition coefficient (Wildman–Crippen LogP) is 1.23. The second-order valence-electron chi connectivity index (χ2n) is 4.85. The summed E-state index contributed by atoms with van der Waals surface area (Å²) in [5, 5.41) is 7.56. The van der Waals surface area contributed by atoms with E-state index in [9.17, 15) is 0 Å². The van der Waals surface area contributed by atoms with E-state index in [-0.39, 0.29) is 0 Å². The van der Waals surface area contributed by atoms with Gasteiger partial charge in [-0.05, 0) is 24.5 Å². The lowest BCUT2D eigenvalue weighted by Crippen LogP contribution is -2.37. The lowest BCUT2D eigenvalue weighted by Gasteiger charge is -2.24. The summed E-state index contributed by atoms with van der Waals surface area (Å²) in [7, 11) is 0. The molecule has 1 aliphatic heterocycles. The lowest BCUT2D eigenvalue weighted by molar-refractivity contribution is 0.121. The molecule has 6 heteroatoms. The van der Waals surface area contributed by atoms with Crippen LogP contribution in [0.2, 0.25) is 0 Å². The van der Waals surface area contributed by atoms with Gasteiger partial charge in [0.1, 0.15) is 0 Å². The number of nitrogens with zero attached hydrogens (tertiary/aromatic N) is 3. The van der Waals surface area contributed by atoms with Gasteiger partial charge in [-0.2, -0.15) is 4.98 Å². The molecule has 2 heterocycles. The van der Waals surface area contributed by atoms with E-state index in [0.29, 0.717) is 12.0 Å². The van der Waals surface area contributed by atoms with Crippen LogP contribution in [0.25, 0.3) is 0 Å². The van der Waals surface area contributed by atoms with Crippen molar-refractivity contribution in [1.29, 1.82) is 0 Å². The lowest BCUT2D eigenvalue weighted by atomic mass is 10.1. The fourth-order valence-corrected chi connectivity index (χ4v) is 2.14. The molecule has 0 bridgehead atoms. The van der Waals surface area contributed by atoms with Gasteiger partial charge in [-0.3, -0.25) is 0 Å². The van der Waals surface area contributed by atoms with Crippen LogP contribution in [-0.2, 0) is 11.2 Å². The summed E-state index contributed by atoms with van der Waals surface area (Å²) in [4.78, 5) is 6.59. The molecule has 0 aliphatic carbocycles. The van der Waals surface area contributed by atoms with Crippen molar-refractivity contribution in [2.24, 2.45) is 0 Å². The molecule has 1 unspecified atom stereocenters. The van der Waals surface area contributed by atoms with Crippen molar-refractivity contribution in [2.75, 3.05) is 37.7 Å².